The third-order valence-corrected chi connectivity index (χ3v) is 3.67. The molecule has 0 amide bonds. The van der Waals surface area contributed by atoms with E-state index in [-0.39, 0.29) is 4.90 Å². The second-order valence-corrected chi connectivity index (χ2v) is 5.88. The number of para-hydroxylation sites is 1. The fraction of sp³-hybridized carbons (Fsp3) is 0.417. The monoisotopic (exact) mass is 271 g/mol. The molecule has 0 radical (unpaired) electrons. The summed E-state index contributed by atoms with van der Waals surface area (Å²) in [5, 5.41) is 2.90. The Hall–Kier alpha value is -1.56. The van der Waals surface area contributed by atoms with E-state index in [0.29, 0.717) is 12.1 Å². The first kappa shape index (κ1) is 14.5. The summed E-state index contributed by atoms with van der Waals surface area (Å²) in [4.78, 5) is 11.6. The van der Waals surface area contributed by atoms with E-state index in [2.05, 4.69) is 10.1 Å². The van der Waals surface area contributed by atoms with Gasteiger partial charge in [0, 0.05) is 6.26 Å². The van der Waals surface area contributed by atoms with Crippen molar-refractivity contribution in [2.45, 2.75) is 24.3 Å². The first-order valence-electron chi connectivity index (χ1n) is 5.53. The summed E-state index contributed by atoms with van der Waals surface area (Å²) >= 11 is 0. The molecule has 0 spiro atoms. The van der Waals surface area contributed by atoms with Gasteiger partial charge in [0.25, 0.3) is 0 Å². The van der Waals surface area contributed by atoms with Crippen molar-refractivity contribution in [1.29, 1.82) is 0 Å². The molecule has 0 saturated carbocycles. The van der Waals surface area contributed by atoms with Crippen LogP contribution in [0, 0.1) is 0 Å². The zero-order valence-electron chi connectivity index (χ0n) is 10.6. The van der Waals surface area contributed by atoms with Gasteiger partial charge in [0.1, 0.15) is 6.04 Å². The highest BCUT2D eigenvalue weighted by Gasteiger charge is 2.20. The summed E-state index contributed by atoms with van der Waals surface area (Å²) in [5.74, 6) is -0.416. The van der Waals surface area contributed by atoms with Crippen molar-refractivity contribution in [1.82, 2.24) is 0 Å². The predicted molar refractivity (Wildman–Crippen MR) is 69.3 cm³/mol. The summed E-state index contributed by atoms with van der Waals surface area (Å²) in [6.07, 6.45) is 1.64. The van der Waals surface area contributed by atoms with E-state index in [4.69, 9.17) is 0 Å². The number of nitrogens with one attached hydrogen (secondary N) is 1. The summed E-state index contributed by atoms with van der Waals surface area (Å²) in [6, 6.07) is 5.92. The molecule has 1 aromatic rings. The van der Waals surface area contributed by atoms with Gasteiger partial charge in [-0.3, -0.25) is 0 Å². The number of rotatable bonds is 5. The molecule has 5 nitrogen and oxygen atoms in total. The van der Waals surface area contributed by atoms with Gasteiger partial charge in [0.05, 0.1) is 17.7 Å². The number of benzene rings is 1. The normalized spacial score (nSPS) is 12.8. The zero-order valence-corrected chi connectivity index (χ0v) is 11.5. The van der Waals surface area contributed by atoms with Gasteiger partial charge in [-0.25, -0.2) is 13.2 Å². The molecule has 1 unspecified atom stereocenters. The predicted octanol–water partition coefficient (Wildman–Crippen LogP) is 1.45. The molecule has 0 aliphatic rings. The standard InChI is InChI=1S/C12H17NO4S/c1-4-9(12(14)17-2)13-10-7-5-6-8-11(10)18(3,15)16/h5-9,13H,4H2,1-3H3. The first-order valence-corrected chi connectivity index (χ1v) is 7.42. The van der Waals surface area contributed by atoms with Crippen LogP contribution < -0.4 is 5.32 Å². The maximum absolute atomic E-state index is 11.6. The smallest absolute Gasteiger partial charge is 0.328 e. The minimum Gasteiger partial charge on any atom is -0.467 e. The molecule has 0 aliphatic heterocycles. The molecule has 6 heteroatoms. The lowest BCUT2D eigenvalue weighted by Gasteiger charge is -2.17. The molecule has 0 fully saturated rings. The van der Waals surface area contributed by atoms with E-state index in [9.17, 15) is 13.2 Å². The second kappa shape index (κ2) is 5.86. The summed E-state index contributed by atoms with van der Waals surface area (Å²) < 4.78 is 27.9. The Morgan fingerprint density at radius 2 is 2.00 bits per heavy atom. The Bertz CT molecular complexity index is 525. The Morgan fingerprint density at radius 3 is 2.50 bits per heavy atom. The van der Waals surface area contributed by atoms with Crippen LogP contribution in [0.2, 0.25) is 0 Å². The van der Waals surface area contributed by atoms with Crippen molar-refractivity contribution in [2.75, 3.05) is 18.7 Å². The molecule has 1 N–H and O–H groups in total. The van der Waals surface area contributed by atoms with Gasteiger partial charge in [-0.1, -0.05) is 19.1 Å². The van der Waals surface area contributed by atoms with Gasteiger partial charge < -0.3 is 10.1 Å². The fourth-order valence-corrected chi connectivity index (χ4v) is 2.42. The van der Waals surface area contributed by atoms with Gasteiger partial charge in [-0.15, -0.1) is 0 Å². The summed E-state index contributed by atoms with van der Waals surface area (Å²) in [7, 11) is -2.03. The number of methoxy groups -OCH3 is 1. The van der Waals surface area contributed by atoms with Crippen molar-refractivity contribution in [3.8, 4) is 0 Å². The van der Waals surface area contributed by atoms with Crippen molar-refractivity contribution in [3.05, 3.63) is 24.3 Å². The van der Waals surface area contributed by atoms with E-state index in [0.717, 1.165) is 6.26 Å². The minimum absolute atomic E-state index is 0.173. The van der Waals surface area contributed by atoms with E-state index < -0.39 is 21.8 Å². The quantitative estimate of drug-likeness (QED) is 0.821. The van der Waals surface area contributed by atoms with Gasteiger partial charge in [-0.2, -0.15) is 0 Å². The summed E-state index contributed by atoms with van der Waals surface area (Å²) in [6.45, 7) is 1.82. The highest BCUT2D eigenvalue weighted by atomic mass is 32.2. The molecule has 0 aromatic heterocycles. The lowest BCUT2D eigenvalue weighted by Crippen LogP contribution is -2.30. The van der Waals surface area contributed by atoms with Crippen LogP contribution >= 0.6 is 0 Å². The number of hydrogen-bond acceptors (Lipinski definition) is 5. The van der Waals surface area contributed by atoms with Crippen LogP contribution in [0.1, 0.15) is 13.3 Å². The molecule has 18 heavy (non-hydrogen) atoms. The summed E-state index contributed by atoms with van der Waals surface area (Å²) in [5.41, 5.74) is 0.414. The fourth-order valence-electron chi connectivity index (χ4n) is 1.57. The van der Waals surface area contributed by atoms with Crippen LogP contribution in [0.4, 0.5) is 5.69 Å². The molecule has 0 bridgehead atoms. The van der Waals surface area contributed by atoms with Crippen LogP contribution in [0.3, 0.4) is 0 Å². The topological polar surface area (TPSA) is 72.5 Å². The van der Waals surface area contributed by atoms with Gasteiger partial charge in [0.2, 0.25) is 0 Å². The van der Waals surface area contributed by atoms with Gasteiger partial charge >= 0.3 is 5.97 Å². The van der Waals surface area contributed by atoms with E-state index in [1.165, 1.54) is 13.2 Å². The van der Waals surface area contributed by atoms with Crippen molar-refractivity contribution in [2.24, 2.45) is 0 Å². The number of carbonyl (C=O) groups is 1. The van der Waals surface area contributed by atoms with E-state index in [1.807, 2.05) is 6.92 Å². The Labute approximate surface area is 107 Å². The lowest BCUT2D eigenvalue weighted by atomic mass is 10.2. The van der Waals surface area contributed by atoms with Gasteiger partial charge in [-0.05, 0) is 18.6 Å². The number of esters is 1. The number of hydrogen-bond donors (Lipinski definition) is 1. The maximum Gasteiger partial charge on any atom is 0.328 e. The molecule has 100 valence electrons. The molecular weight excluding hydrogens is 254 g/mol. The van der Waals surface area contributed by atoms with Crippen molar-refractivity contribution < 1.29 is 17.9 Å². The molecule has 0 saturated heterocycles. The third kappa shape index (κ3) is 3.46. The van der Waals surface area contributed by atoms with Crippen LogP contribution in [-0.4, -0.2) is 33.8 Å². The molecule has 0 aliphatic carbocycles. The SMILES string of the molecule is CCC(Nc1ccccc1S(C)(=O)=O)C(=O)OC. The van der Waals surface area contributed by atoms with E-state index in [1.54, 1.807) is 18.2 Å². The number of ether oxygens (including phenoxy) is 1. The maximum atomic E-state index is 11.6. The average Bonchev–Trinajstić information content (AvgIpc) is 2.34. The van der Waals surface area contributed by atoms with Gasteiger partial charge in [0.15, 0.2) is 9.84 Å². The Morgan fingerprint density at radius 1 is 1.39 bits per heavy atom. The molecular formula is C12H17NO4S. The highest BCUT2D eigenvalue weighted by Crippen LogP contribution is 2.22. The lowest BCUT2D eigenvalue weighted by molar-refractivity contribution is -0.141. The first-order chi connectivity index (χ1) is 8.40. The highest BCUT2D eigenvalue weighted by molar-refractivity contribution is 7.90. The number of carbonyl (C=O) groups excluding carboxylic acids is 1. The van der Waals surface area contributed by atoms with Crippen LogP contribution in [0.25, 0.3) is 0 Å². The second-order valence-electron chi connectivity index (χ2n) is 3.90. The van der Waals surface area contributed by atoms with E-state index >= 15 is 0 Å². The minimum atomic E-state index is -3.33. The van der Waals surface area contributed by atoms with Crippen LogP contribution in [-0.2, 0) is 19.4 Å². The molecule has 0 heterocycles. The van der Waals surface area contributed by atoms with Crippen LogP contribution in [0.5, 0.6) is 0 Å². The van der Waals surface area contributed by atoms with Crippen molar-refractivity contribution >= 4 is 21.5 Å². The van der Waals surface area contributed by atoms with Crippen molar-refractivity contribution in [3.63, 3.8) is 0 Å². The zero-order chi connectivity index (χ0) is 13.8. The Balaban J connectivity index is 3.08. The third-order valence-electron chi connectivity index (χ3n) is 2.51. The number of anilines is 1. The number of sulfone groups is 1. The molecule has 1 atom stereocenters. The largest absolute Gasteiger partial charge is 0.467 e. The average molecular weight is 271 g/mol. The van der Waals surface area contributed by atoms with Crippen LogP contribution in [0.15, 0.2) is 29.2 Å². The molecule has 1 rings (SSSR count). The molecule has 1 aromatic carbocycles. The Kier molecular flexibility index (Phi) is 4.72.